The number of nitrogens with zero attached hydrogens (tertiary/aromatic N) is 5. The van der Waals surface area contributed by atoms with Crippen LogP contribution in [-0.4, -0.2) is 61.6 Å². The van der Waals surface area contributed by atoms with E-state index in [2.05, 4.69) is 20.2 Å². The molecular formula is C9H13N5O6. The summed E-state index contributed by atoms with van der Waals surface area (Å²) in [7, 11) is 0. The quantitative estimate of drug-likeness (QED) is 0.290. The molecule has 110 valence electrons. The van der Waals surface area contributed by atoms with Gasteiger partial charge in [0.1, 0.15) is 31.0 Å². The van der Waals surface area contributed by atoms with Crippen molar-refractivity contribution in [2.45, 2.75) is 37.1 Å². The maximum Gasteiger partial charge on any atom is 0.247 e. The van der Waals surface area contributed by atoms with Crippen LogP contribution >= 0.6 is 0 Å². The van der Waals surface area contributed by atoms with Gasteiger partial charge < -0.3 is 29.6 Å². The number of hydrogen-bond donors (Lipinski definition) is 4. The van der Waals surface area contributed by atoms with Gasteiger partial charge in [-0.15, -0.1) is 10.2 Å². The third-order valence-corrected chi connectivity index (χ3v) is 2.89. The normalized spacial score (nSPS) is 33.7. The molecule has 5 atom stereocenters. The van der Waals surface area contributed by atoms with Gasteiger partial charge in [0.25, 0.3) is 0 Å². The first kappa shape index (κ1) is 14.7. The number of aliphatic hydroxyl groups is 4. The maximum absolute atomic E-state index is 9.83. The average molecular weight is 287 g/mol. The molecule has 0 saturated carbocycles. The molecule has 2 heterocycles. The average Bonchev–Trinajstić information content (AvgIpc) is 2.91. The molecule has 1 aromatic rings. The van der Waals surface area contributed by atoms with E-state index in [4.69, 9.17) is 19.8 Å². The van der Waals surface area contributed by atoms with Gasteiger partial charge in [0, 0.05) is 4.91 Å². The minimum absolute atomic E-state index is 0.00904. The van der Waals surface area contributed by atoms with Crippen molar-refractivity contribution in [1.82, 2.24) is 10.2 Å². The Kier molecular flexibility index (Phi) is 4.49. The van der Waals surface area contributed by atoms with Crippen molar-refractivity contribution >= 4 is 0 Å². The van der Waals surface area contributed by atoms with Crippen molar-refractivity contribution in [3.8, 4) is 0 Å². The number of ether oxygens (including phenoxy) is 1. The fourth-order valence-electron chi connectivity index (χ4n) is 1.84. The molecule has 0 unspecified atom stereocenters. The molecule has 0 amide bonds. The molecule has 1 aliphatic rings. The van der Waals surface area contributed by atoms with E-state index in [9.17, 15) is 15.3 Å². The fourth-order valence-corrected chi connectivity index (χ4v) is 1.84. The van der Waals surface area contributed by atoms with Crippen LogP contribution in [0.1, 0.15) is 17.9 Å². The second-order valence-electron chi connectivity index (χ2n) is 4.17. The molecule has 0 aromatic carbocycles. The van der Waals surface area contributed by atoms with Crippen LogP contribution in [0, 0.1) is 0 Å². The van der Waals surface area contributed by atoms with Crippen molar-refractivity contribution in [3.05, 3.63) is 22.2 Å². The third kappa shape index (κ3) is 2.72. The summed E-state index contributed by atoms with van der Waals surface area (Å²) in [5.41, 5.74) is 8.17. The Morgan fingerprint density at radius 3 is 2.60 bits per heavy atom. The second-order valence-corrected chi connectivity index (χ2v) is 4.17. The van der Waals surface area contributed by atoms with Gasteiger partial charge in [-0.25, -0.2) is 0 Å². The third-order valence-electron chi connectivity index (χ3n) is 2.89. The summed E-state index contributed by atoms with van der Waals surface area (Å²) in [6.45, 7) is -0.720. The number of rotatable bonds is 4. The van der Waals surface area contributed by atoms with E-state index in [1.54, 1.807) is 0 Å². The smallest absolute Gasteiger partial charge is 0.247 e. The van der Waals surface area contributed by atoms with Gasteiger partial charge in [-0.05, 0) is 5.53 Å². The summed E-state index contributed by atoms with van der Waals surface area (Å²) in [4.78, 5) is 2.53. The Morgan fingerprint density at radius 1 is 1.20 bits per heavy atom. The number of azide groups is 1. The number of hydrogen-bond acceptors (Lipinski definition) is 9. The van der Waals surface area contributed by atoms with E-state index in [0.29, 0.717) is 0 Å². The molecule has 1 fully saturated rings. The van der Waals surface area contributed by atoms with Crippen LogP contribution in [0.4, 0.5) is 0 Å². The molecule has 4 N–H and O–H groups in total. The number of aromatic nitrogens is 2. The van der Waals surface area contributed by atoms with E-state index >= 15 is 0 Å². The summed E-state index contributed by atoms with van der Waals surface area (Å²) >= 11 is 0. The molecule has 11 heteroatoms. The lowest BCUT2D eigenvalue weighted by molar-refractivity contribution is -0.236. The van der Waals surface area contributed by atoms with Gasteiger partial charge in [-0.1, -0.05) is 5.11 Å². The summed E-state index contributed by atoms with van der Waals surface area (Å²) in [6.07, 6.45) is -6.75. The van der Waals surface area contributed by atoms with Gasteiger partial charge in [0.05, 0.1) is 6.61 Å². The first-order valence-corrected chi connectivity index (χ1v) is 5.72. The highest BCUT2D eigenvalue weighted by molar-refractivity contribution is 4.99. The molecule has 0 bridgehead atoms. The largest absolute Gasteiger partial charge is 0.422 e. The predicted octanol–water partition coefficient (Wildman–Crippen LogP) is -1.61. The van der Waals surface area contributed by atoms with Crippen LogP contribution in [0.15, 0.2) is 9.53 Å². The van der Waals surface area contributed by atoms with Gasteiger partial charge in [0.2, 0.25) is 11.8 Å². The van der Waals surface area contributed by atoms with Gasteiger partial charge in [0.15, 0.2) is 6.10 Å². The zero-order chi connectivity index (χ0) is 14.7. The molecule has 0 aliphatic carbocycles. The minimum Gasteiger partial charge on any atom is -0.422 e. The summed E-state index contributed by atoms with van der Waals surface area (Å²) in [6, 6.07) is 0. The van der Waals surface area contributed by atoms with Crippen molar-refractivity contribution < 1.29 is 29.6 Å². The Morgan fingerprint density at radius 2 is 1.95 bits per heavy atom. The van der Waals surface area contributed by atoms with Crippen LogP contribution in [0.5, 0.6) is 0 Å². The first-order valence-electron chi connectivity index (χ1n) is 5.72. The molecule has 20 heavy (non-hydrogen) atoms. The summed E-state index contributed by atoms with van der Waals surface area (Å²) in [5, 5.41) is 48.6. The Hall–Kier alpha value is -1.75. The van der Waals surface area contributed by atoms with E-state index in [-0.39, 0.29) is 18.3 Å². The summed E-state index contributed by atoms with van der Waals surface area (Å²) in [5.74, 6) is -0.139. The highest BCUT2D eigenvalue weighted by Crippen LogP contribution is 2.31. The van der Waals surface area contributed by atoms with E-state index in [1.165, 1.54) is 0 Å². The van der Waals surface area contributed by atoms with Crippen LogP contribution < -0.4 is 0 Å². The molecule has 1 saturated heterocycles. The first-order chi connectivity index (χ1) is 9.58. The summed E-state index contributed by atoms with van der Waals surface area (Å²) < 4.78 is 10.4. The molecule has 0 spiro atoms. The Labute approximate surface area is 112 Å². The Balaban J connectivity index is 2.17. The van der Waals surface area contributed by atoms with Gasteiger partial charge in [-0.3, -0.25) is 0 Å². The zero-order valence-corrected chi connectivity index (χ0v) is 10.1. The van der Waals surface area contributed by atoms with Crippen molar-refractivity contribution in [2.24, 2.45) is 5.11 Å². The van der Waals surface area contributed by atoms with Crippen LogP contribution in [-0.2, 0) is 11.3 Å². The van der Waals surface area contributed by atoms with E-state index in [0.717, 1.165) is 0 Å². The molecule has 1 aromatic heterocycles. The van der Waals surface area contributed by atoms with Crippen LogP contribution in [0.2, 0.25) is 0 Å². The Bertz CT molecular complexity index is 501. The lowest BCUT2D eigenvalue weighted by Gasteiger charge is -2.38. The lowest BCUT2D eigenvalue weighted by Crippen LogP contribution is -2.55. The fraction of sp³-hybridized carbons (Fsp3) is 0.778. The SMILES string of the molecule is [N-]=[N+]=NCc1nnc([C@@H]2O[C@H](CO)[C@@H](O)[C@H](O)[C@H]2O)o1. The molecular weight excluding hydrogens is 274 g/mol. The van der Waals surface area contributed by atoms with Crippen molar-refractivity contribution in [3.63, 3.8) is 0 Å². The molecule has 2 rings (SSSR count). The zero-order valence-electron chi connectivity index (χ0n) is 10.1. The van der Waals surface area contributed by atoms with Crippen LogP contribution in [0.25, 0.3) is 10.4 Å². The van der Waals surface area contributed by atoms with Gasteiger partial charge >= 0.3 is 0 Å². The van der Waals surface area contributed by atoms with Crippen molar-refractivity contribution in [2.75, 3.05) is 6.61 Å². The van der Waals surface area contributed by atoms with Crippen LogP contribution in [0.3, 0.4) is 0 Å². The van der Waals surface area contributed by atoms with Gasteiger partial charge in [-0.2, -0.15) is 0 Å². The highest BCUT2D eigenvalue weighted by Gasteiger charge is 2.46. The molecule has 0 radical (unpaired) electrons. The lowest BCUT2D eigenvalue weighted by atomic mass is 9.95. The van der Waals surface area contributed by atoms with Crippen molar-refractivity contribution in [1.29, 1.82) is 0 Å². The van der Waals surface area contributed by atoms with E-state index in [1.807, 2.05) is 0 Å². The topological polar surface area (TPSA) is 178 Å². The molecule has 11 nitrogen and oxygen atoms in total. The maximum atomic E-state index is 9.83. The second kappa shape index (κ2) is 6.13. The number of aliphatic hydroxyl groups excluding tert-OH is 4. The molecule has 1 aliphatic heterocycles. The highest BCUT2D eigenvalue weighted by atomic mass is 16.6. The monoisotopic (exact) mass is 287 g/mol. The predicted molar refractivity (Wildman–Crippen MR) is 59.9 cm³/mol. The standard InChI is InChI=1S/C9H13N5O6/c10-14-11-1-4-12-13-9(20-4)8-7(18)6(17)5(16)3(2-15)19-8/h3,5-8,15-18H,1-2H2/t3-,5-,6+,7-,8-/m1/s1. The van der Waals surface area contributed by atoms with E-state index < -0.39 is 37.1 Å². The minimum atomic E-state index is -1.53.